The number of nitrogen functional groups attached to an aromatic ring is 1. The van der Waals surface area contributed by atoms with Gasteiger partial charge in [0.25, 0.3) is 0 Å². The first-order chi connectivity index (χ1) is 9.01. The molecule has 2 aromatic rings. The van der Waals surface area contributed by atoms with Crippen molar-refractivity contribution in [2.24, 2.45) is 0 Å². The molecule has 0 spiro atoms. The number of ether oxygens (including phenoxy) is 1. The Kier molecular flexibility index (Phi) is 3.69. The number of methoxy groups -OCH3 is 1. The standard InChI is InChI=1S/C13H19N5O/c1-8(2)12-13(14)16-17-18(12)7-10-6-11(19-4)5-9(3)15-10/h5-6,8H,7,14H2,1-4H3. The summed E-state index contributed by atoms with van der Waals surface area (Å²) in [5, 5.41) is 8.01. The zero-order valence-electron chi connectivity index (χ0n) is 11.7. The molecule has 0 saturated heterocycles. The van der Waals surface area contributed by atoms with E-state index < -0.39 is 0 Å². The van der Waals surface area contributed by atoms with Gasteiger partial charge < -0.3 is 10.5 Å². The summed E-state index contributed by atoms with van der Waals surface area (Å²) >= 11 is 0. The molecule has 0 unspecified atom stereocenters. The molecule has 0 aliphatic carbocycles. The molecule has 19 heavy (non-hydrogen) atoms. The van der Waals surface area contributed by atoms with Gasteiger partial charge in [-0.15, -0.1) is 5.10 Å². The lowest BCUT2D eigenvalue weighted by Crippen LogP contribution is -2.10. The van der Waals surface area contributed by atoms with E-state index in [1.54, 1.807) is 11.8 Å². The molecular formula is C13H19N5O. The molecule has 0 aliphatic rings. The number of hydrogen-bond acceptors (Lipinski definition) is 5. The highest BCUT2D eigenvalue weighted by molar-refractivity contribution is 5.35. The van der Waals surface area contributed by atoms with Crippen LogP contribution in [0.3, 0.4) is 0 Å². The molecule has 102 valence electrons. The quantitative estimate of drug-likeness (QED) is 0.907. The molecule has 2 aromatic heterocycles. The van der Waals surface area contributed by atoms with Gasteiger partial charge in [-0.3, -0.25) is 4.98 Å². The summed E-state index contributed by atoms with van der Waals surface area (Å²) in [5.74, 6) is 1.54. The van der Waals surface area contributed by atoms with Crippen molar-refractivity contribution in [2.75, 3.05) is 12.8 Å². The molecule has 0 aromatic carbocycles. The van der Waals surface area contributed by atoms with Crippen molar-refractivity contribution in [3.05, 3.63) is 29.2 Å². The maximum atomic E-state index is 5.84. The Morgan fingerprint density at radius 2 is 2.11 bits per heavy atom. The summed E-state index contributed by atoms with van der Waals surface area (Å²) in [6, 6.07) is 3.79. The fourth-order valence-corrected chi connectivity index (χ4v) is 2.10. The van der Waals surface area contributed by atoms with Gasteiger partial charge in [0.1, 0.15) is 5.75 Å². The second-order valence-electron chi connectivity index (χ2n) is 4.81. The maximum absolute atomic E-state index is 5.84. The Bertz CT molecular complexity index is 576. The topological polar surface area (TPSA) is 78.8 Å². The normalized spacial score (nSPS) is 11.0. The van der Waals surface area contributed by atoms with Crippen molar-refractivity contribution in [3.8, 4) is 5.75 Å². The molecule has 2 N–H and O–H groups in total. The Morgan fingerprint density at radius 1 is 1.37 bits per heavy atom. The average Bonchev–Trinajstić information content (AvgIpc) is 2.69. The zero-order valence-corrected chi connectivity index (χ0v) is 11.7. The smallest absolute Gasteiger partial charge is 0.169 e. The van der Waals surface area contributed by atoms with Gasteiger partial charge in [-0.1, -0.05) is 19.1 Å². The van der Waals surface area contributed by atoms with Crippen LogP contribution < -0.4 is 10.5 Å². The van der Waals surface area contributed by atoms with Crippen LogP contribution in [0.5, 0.6) is 5.75 Å². The SMILES string of the molecule is COc1cc(C)nc(Cn2nnc(N)c2C(C)C)c1. The largest absolute Gasteiger partial charge is 0.497 e. The maximum Gasteiger partial charge on any atom is 0.169 e. The number of aromatic nitrogens is 4. The minimum atomic E-state index is 0.265. The Hall–Kier alpha value is -2.11. The second-order valence-corrected chi connectivity index (χ2v) is 4.81. The number of anilines is 1. The second kappa shape index (κ2) is 5.26. The summed E-state index contributed by atoms with van der Waals surface area (Å²) in [6.45, 7) is 6.60. The van der Waals surface area contributed by atoms with Crippen molar-refractivity contribution in [1.82, 2.24) is 20.0 Å². The van der Waals surface area contributed by atoms with E-state index in [9.17, 15) is 0 Å². The highest BCUT2D eigenvalue weighted by Gasteiger charge is 2.14. The van der Waals surface area contributed by atoms with E-state index in [2.05, 4.69) is 29.1 Å². The van der Waals surface area contributed by atoms with Crippen molar-refractivity contribution < 1.29 is 4.74 Å². The molecule has 0 bridgehead atoms. The number of pyridine rings is 1. The first kappa shape index (κ1) is 13.3. The van der Waals surface area contributed by atoms with Crippen LogP contribution in [0.2, 0.25) is 0 Å². The van der Waals surface area contributed by atoms with E-state index in [0.717, 1.165) is 22.8 Å². The predicted molar refractivity (Wildman–Crippen MR) is 73.2 cm³/mol. The zero-order chi connectivity index (χ0) is 14.0. The highest BCUT2D eigenvalue weighted by Crippen LogP contribution is 2.21. The lowest BCUT2D eigenvalue weighted by molar-refractivity contribution is 0.412. The summed E-state index contributed by atoms with van der Waals surface area (Å²) in [6.07, 6.45) is 0. The molecule has 0 aliphatic heterocycles. The van der Waals surface area contributed by atoms with Crippen molar-refractivity contribution in [2.45, 2.75) is 33.2 Å². The van der Waals surface area contributed by atoms with E-state index in [1.165, 1.54) is 0 Å². The molecule has 0 radical (unpaired) electrons. The average molecular weight is 261 g/mol. The van der Waals surface area contributed by atoms with Gasteiger partial charge in [0.2, 0.25) is 0 Å². The lowest BCUT2D eigenvalue weighted by atomic mass is 10.1. The van der Waals surface area contributed by atoms with Gasteiger partial charge in [0.15, 0.2) is 5.82 Å². The number of aryl methyl sites for hydroxylation is 1. The first-order valence-corrected chi connectivity index (χ1v) is 6.21. The van der Waals surface area contributed by atoms with E-state index >= 15 is 0 Å². The number of nitrogens with two attached hydrogens (primary N) is 1. The molecule has 6 heteroatoms. The van der Waals surface area contributed by atoms with Gasteiger partial charge >= 0.3 is 0 Å². The van der Waals surface area contributed by atoms with E-state index in [4.69, 9.17) is 10.5 Å². The number of nitrogens with zero attached hydrogens (tertiary/aromatic N) is 4. The predicted octanol–water partition coefficient (Wildman–Crippen LogP) is 1.74. The number of hydrogen-bond donors (Lipinski definition) is 1. The minimum absolute atomic E-state index is 0.265. The van der Waals surface area contributed by atoms with Crippen LogP contribution in [0.25, 0.3) is 0 Å². The summed E-state index contributed by atoms with van der Waals surface area (Å²) in [7, 11) is 1.64. The van der Waals surface area contributed by atoms with Gasteiger partial charge in [-0.05, 0) is 12.8 Å². The molecule has 6 nitrogen and oxygen atoms in total. The molecule has 0 fully saturated rings. The van der Waals surface area contributed by atoms with Crippen LogP contribution in [0, 0.1) is 6.92 Å². The van der Waals surface area contributed by atoms with E-state index in [1.807, 2.05) is 19.1 Å². The van der Waals surface area contributed by atoms with Crippen LogP contribution in [-0.4, -0.2) is 27.1 Å². The third kappa shape index (κ3) is 2.83. The van der Waals surface area contributed by atoms with E-state index in [0.29, 0.717) is 12.4 Å². The molecule has 0 atom stereocenters. The highest BCUT2D eigenvalue weighted by atomic mass is 16.5. The fraction of sp³-hybridized carbons (Fsp3) is 0.462. The van der Waals surface area contributed by atoms with Crippen LogP contribution in [0.15, 0.2) is 12.1 Å². The third-order valence-electron chi connectivity index (χ3n) is 2.88. The Balaban J connectivity index is 2.33. The molecule has 0 saturated carbocycles. The van der Waals surface area contributed by atoms with Gasteiger partial charge in [-0.25, -0.2) is 4.68 Å². The van der Waals surface area contributed by atoms with Crippen molar-refractivity contribution in [1.29, 1.82) is 0 Å². The fourth-order valence-electron chi connectivity index (χ4n) is 2.10. The molecular weight excluding hydrogens is 242 g/mol. The van der Waals surface area contributed by atoms with Crippen LogP contribution in [0.4, 0.5) is 5.82 Å². The third-order valence-corrected chi connectivity index (χ3v) is 2.88. The minimum Gasteiger partial charge on any atom is -0.497 e. The van der Waals surface area contributed by atoms with E-state index in [-0.39, 0.29) is 5.92 Å². The van der Waals surface area contributed by atoms with Gasteiger partial charge in [0, 0.05) is 17.8 Å². The summed E-state index contributed by atoms with van der Waals surface area (Å²) < 4.78 is 7.04. The summed E-state index contributed by atoms with van der Waals surface area (Å²) in [5.41, 5.74) is 8.56. The van der Waals surface area contributed by atoms with Crippen molar-refractivity contribution >= 4 is 5.82 Å². The lowest BCUT2D eigenvalue weighted by Gasteiger charge is -2.10. The summed E-state index contributed by atoms with van der Waals surface area (Å²) in [4.78, 5) is 4.48. The Labute approximate surface area is 112 Å². The van der Waals surface area contributed by atoms with Gasteiger partial charge in [0.05, 0.1) is 25.0 Å². The van der Waals surface area contributed by atoms with Gasteiger partial charge in [-0.2, -0.15) is 0 Å². The Morgan fingerprint density at radius 3 is 2.74 bits per heavy atom. The monoisotopic (exact) mass is 261 g/mol. The molecule has 2 heterocycles. The van der Waals surface area contributed by atoms with Crippen molar-refractivity contribution in [3.63, 3.8) is 0 Å². The van der Waals surface area contributed by atoms with Crippen LogP contribution >= 0.6 is 0 Å². The molecule has 2 rings (SSSR count). The van der Waals surface area contributed by atoms with Crippen LogP contribution in [-0.2, 0) is 6.54 Å². The number of rotatable bonds is 4. The molecule has 0 amide bonds. The van der Waals surface area contributed by atoms with Crippen LogP contribution in [0.1, 0.15) is 36.8 Å². The first-order valence-electron chi connectivity index (χ1n) is 6.21.